The summed E-state index contributed by atoms with van der Waals surface area (Å²) in [6.45, 7) is 3.33. The number of halogens is 3. The van der Waals surface area contributed by atoms with E-state index in [-0.39, 0.29) is 17.0 Å². The molecule has 3 aromatic rings. The van der Waals surface area contributed by atoms with Crippen LogP contribution in [0.15, 0.2) is 53.7 Å². The molecular formula is C27H28F3N5O3S. The fraction of sp³-hybridized carbons (Fsp3) is 0.333. The van der Waals surface area contributed by atoms with Crippen molar-refractivity contribution in [1.29, 1.82) is 0 Å². The molecule has 2 atom stereocenters. The third kappa shape index (κ3) is 5.77. The number of benzene rings is 2. The number of aromatic nitrogens is 1. The Hall–Kier alpha value is -3.48. The van der Waals surface area contributed by atoms with Gasteiger partial charge in [-0.2, -0.15) is 0 Å². The van der Waals surface area contributed by atoms with Crippen LogP contribution in [0.25, 0.3) is 11.1 Å². The second-order valence-electron chi connectivity index (χ2n) is 10.2. The Morgan fingerprint density at radius 1 is 1.08 bits per heavy atom. The van der Waals surface area contributed by atoms with Gasteiger partial charge in [0, 0.05) is 36.9 Å². The maximum absolute atomic E-state index is 15.7. The largest absolute Gasteiger partial charge is 0.368 e. The standard InChI is InChI=1S/C27H28F3N5O3S/c1-15-10-16(31)14-35(13-15)24-8-9-32-12-23(24)33-27(36)19-5-7-22(29)25(26(19)30)20-11-18(4-6-21(20)28)39(37,38)34-17-2-3-17/h4-9,11-12,15-17,34H,2-3,10,13-14,31H2,1H3,(H,33,36)/t15-,16+/m1/s1. The van der Waals surface area contributed by atoms with Gasteiger partial charge in [-0.15, -0.1) is 0 Å². The molecule has 5 rings (SSSR count). The van der Waals surface area contributed by atoms with Crippen LogP contribution in [0.1, 0.15) is 36.5 Å². The summed E-state index contributed by atoms with van der Waals surface area (Å²) in [4.78, 5) is 18.9. The topological polar surface area (TPSA) is 117 Å². The van der Waals surface area contributed by atoms with Crippen molar-refractivity contribution in [1.82, 2.24) is 9.71 Å². The highest BCUT2D eigenvalue weighted by Gasteiger charge is 2.30. The molecule has 39 heavy (non-hydrogen) atoms. The van der Waals surface area contributed by atoms with Crippen LogP contribution in [-0.4, -0.2) is 44.5 Å². The molecule has 2 heterocycles. The highest BCUT2D eigenvalue weighted by atomic mass is 32.2. The van der Waals surface area contributed by atoms with Crippen molar-refractivity contribution in [2.75, 3.05) is 23.3 Å². The molecule has 0 unspecified atom stereocenters. The summed E-state index contributed by atoms with van der Waals surface area (Å²) in [6.07, 6.45) is 5.20. The summed E-state index contributed by atoms with van der Waals surface area (Å²) in [5.41, 5.74) is 5.13. The van der Waals surface area contributed by atoms with E-state index in [0.717, 1.165) is 36.8 Å². The molecule has 1 saturated carbocycles. The van der Waals surface area contributed by atoms with E-state index >= 15 is 4.39 Å². The zero-order chi connectivity index (χ0) is 27.9. The Morgan fingerprint density at radius 2 is 1.82 bits per heavy atom. The van der Waals surface area contributed by atoms with Gasteiger partial charge in [-0.05, 0) is 61.6 Å². The van der Waals surface area contributed by atoms with Gasteiger partial charge in [0.25, 0.3) is 5.91 Å². The predicted molar refractivity (Wildman–Crippen MR) is 141 cm³/mol. The third-order valence-electron chi connectivity index (χ3n) is 6.83. The predicted octanol–water partition coefficient (Wildman–Crippen LogP) is 4.03. The lowest BCUT2D eigenvalue weighted by Crippen LogP contribution is -2.46. The highest BCUT2D eigenvalue weighted by molar-refractivity contribution is 7.89. The summed E-state index contributed by atoms with van der Waals surface area (Å²) >= 11 is 0. The summed E-state index contributed by atoms with van der Waals surface area (Å²) in [6, 6.07) is 5.94. The summed E-state index contributed by atoms with van der Waals surface area (Å²) in [7, 11) is -4.02. The van der Waals surface area contributed by atoms with E-state index in [1.807, 2.05) is 4.90 Å². The Balaban J connectivity index is 1.48. The zero-order valence-corrected chi connectivity index (χ0v) is 21.9. The molecular weight excluding hydrogens is 531 g/mol. The van der Waals surface area contributed by atoms with Gasteiger partial charge in [0.1, 0.15) is 17.5 Å². The fourth-order valence-electron chi connectivity index (χ4n) is 4.87. The Kier molecular flexibility index (Phi) is 7.36. The number of amides is 1. The van der Waals surface area contributed by atoms with Crippen molar-refractivity contribution >= 4 is 27.3 Å². The van der Waals surface area contributed by atoms with E-state index in [4.69, 9.17) is 5.73 Å². The van der Waals surface area contributed by atoms with Crippen molar-refractivity contribution in [3.63, 3.8) is 0 Å². The fourth-order valence-corrected chi connectivity index (χ4v) is 6.20. The molecule has 0 spiro atoms. The number of carbonyl (C=O) groups excluding carboxylic acids is 1. The van der Waals surface area contributed by atoms with Crippen molar-refractivity contribution < 1.29 is 26.4 Å². The van der Waals surface area contributed by atoms with E-state index in [9.17, 15) is 22.0 Å². The first-order valence-corrected chi connectivity index (χ1v) is 14.1. The van der Waals surface area contributed by atoms with Crippen molar-refractivity contribution in [3.8, 4) is 11.1 Å². The number of nitrogens with one attached hydrogen (secondary N) is 2. The van der Waals surface area contributed by atoms with Crippen LogP contribution in [0.3, 0.4) is 0 Å². The Morgan fingerprint density at radius 3 is 2.54 bits per heavy atom. The first kappa shape index (κ1) is 27.1. The molecule has 2 fully saturated rings. The van der Waals surface area contributed by atoms with Crippen LogP contribution in [0, 0.1) is 23.4 Å². The monoisotopic (exact) mass is 559 g/mol. The SMILES string of the molecule is C[C@@H]1C[C@H](N)CN(c2ccncc2NC(=O)c2ccc(F)c(-c3cc(S(=O)(=O)NC4CC4)ccc3F)c2F)C1. The molecule has 8 nitrogen and oxygen atoms in total. The molecule has 2 aromatic carbocycles. The van der Waals surface area contributed by atoms with E-state index in [1.165, 1.54) is 6.20 Å². The number of carbonyl (C=O) groups is 1. The van der Waals surface area contributed by atoms with E-state index in [1.54, 1.807) is 12.3 Å². The quantitative estimate of drug-likeness (QED) is 0.403. The van der Waals surface area contributed by atoms with E-state index in [0.29, 0.717) is 43.2 Å². The Labute approximate surface area is 224 Å². The van der Waals surface area contributed by atoms with Crippen molar-refractivity contribution in [2.24, 2.45) is 11.7 Å². The van der Waals surface area contributed by atoms with Crippen LogP contribution in [0.2, 0.25) is 0 Å². The number of pyridine rings is 1. The minimum Gasteiger partial charge on any atom is -0.368 e. The number of nitrogens with two attached hydrogens (primary N) is 1. The first-order valence-electron chi connectivity index (χ1n) is 12.6. The van der Waals surface area contributed by atoms with Crippen LogP contribution in [0.5, 0.6) is 0 Å². The molecule has 1 saturated heterocycles. The molecule has 2 aliphatic rings. The lowest BCUT2D eigenvalue weighted by molar-refractivity contribution is 0.102. The molecule has 4 N–H and O–H groups in total. The van der Waals surface area contributed by atoms with Gasteiger partial charge in [0.2, 0.25) is 10.0 Å². The van der Waals surface area contributed by atoms with Gasteiger partial charge in [-0.1, -0.05) is 6.92 Å². The van der Waals surface area contributed by atoms with Crippen molar-refractivity contribution in [2.45, 2.75) is 43.2 Å². The lowest BCUT2D eigenvalue weighted by atomic mass is 9.96. The number of sulfonamides is 1. The smallest absolute Gasteiger partial charge is 0.258 e. The zero-order valence-electron chi connectivity index (χ0n) is 21.1. The van der Waals surface area contributed by atoms with Gasteiger partial charge in [0.15, 0.2) is 0 Å². The first-order chi connectivity index (χ1) is 18.5. The third-order valence-corrected chi connectivity index (χ3v) is 8.35. The number of hydrogen-bond donors (Lipinski definition) is 3. The van der Waals surface area contributed by atoms with E-state index < -0.39 is 50.1 Å². The number of anilines is 2. The molecule has 12 heteroatoms. The maximum atomic E-state index is 15.7. The normalized spacial score (nSPS) is 19.7. The lowest BCUT2D eigenvalue weighted by Gasteiger charge is -2.37. The van der Waals surface area contributed by atoms with Gasteiger partial charge in [0.05, 0.1) is 33.6 Å². The molecule has 0 bridgehead atoms. The molecule has 1 aliphatic heterocycles. The second-order valence-corrected chi connectivity index (χ2v) is 11.9. The molecule has 1 aliphatic carbocycles. The summed E-state index contributed by atoms with van der Waals surface area (Å²) < 4.78 is 73.1. The van der Waals surface area contributed by atoms with Crippen LogP contribution in [-0.2, 0) is 10.0 Å². The second kappa shape index (κ2) is 10.6. The average Bonchev–Trinajstić information content (AvgIpc) is 3.68. The maximum Gasteiger partial charge on any atom is 0.258 e. The van der Waals surface area contributed by atoms with Gasteiger partial charge >= 0.3 is 0 Å². The van der Waals surface area contributed by atoms with Gasteiger partial charge in [-0.25, -0.2) is 26.3 Å². The minimum absolute atomic E-state index is 0.0588. The van der Waals surface area contributed by atoms with Crippen LogP contribution >= 0.6 is 0 Å². The van der Waals surface area contributed by atoms with E-state index in [2.05, 4.69) is 21.9 Å². The van der Waals surface area contributed by atoms with Crippen LogP contribution in [0.4, 0.5) is 24.5 Å². The minimum atomic E-state index is -4.02. The van der Waals surface area contributed by atoms with Gasteiger partial charge in [-0.3, -0.25) is 9.78 Å². The number of piperidine rings is 1. The molecule has 1 aromatic heterocycles. The molecule has 0 radical (unpaired) electrons. The van der Waals surface area contributed by atoms with Crippen molar-refractivity contribution in [3.05, 3.63) is 71.8 Å². The number of hydrogen-bond acceptors (Lipinski definition) is 6. The molecule has 1 amide bonds. The summed E-state index contributed by atoms with van der Waals surface area (Å²) in [5, 5.41) is 2.63. The average molecular weight is 560 g/mol. The molecule has 206 valence electrons. The highest BCUT2D eigenvalue weighted by Crippen LogP contribution is 2.34. The van der Waals surface area contributed by atoms with Gasteiger partial charge < -0.3 is 16.0 Å². The number of rotatable bonds is 7. The number of nitrogens with zero attached hydrogens (tertiary/aromatic N) is 2. The Bertz CT molecular complexity index is 1520. The summed E-state index contributed by atoms with van der Waals surface area (Å²) in [5.74, 6) is -4.10. The van der Waals surface area contributed by atoms with Crippen LogP contribution < -0.4 is 20.7 Å².